The second kappa shape index (κ2) is 5.20. The number of rotatable bonds is 5. The van der Waals surface area contributed by atoms with Crippen LogP contribution in [0.1, 0.15) is 0 Å². The van der Waals surface area contributed by atoms with Crippen LogP contribution in [0.3, 0.4) is 0 Å². The molecule has 1 aromatic rings. The number of hydrogen-bond donors (Lipinski definition) is 0. The topological polar surface area (TPSA) is 3.24 Å². The highest BCUT2D eigenvalue weighted by Crippen LogP contribution is 2.11. The fourth-order valence-electron chi connectivity index (χ4n) is 1.18. The first-order chi connectivity index (χ1) is 6.38. The quantitative estimate of drug-likeness (QED) is 0.617. The van der Waals surface area contributed by atoms with Gasteiger partial charge in [-0.15, -0.1) is 13.2 Å². The van der Waals surface area contributed by atoms with E-state index in [1.165, 1.54) is 0 Å². The average Bonchev–Trinajstić information content (AvgIpc) is 2.19. The third-order valence-electron chi connectivity index (χ3n) is 1.75. The minimum Gasteiger partial charge on any atom is -0.364 e. The van der Waals surface area contributed by atoms with Crippen LogP contribution in [0.5, 0.6) is 0 Å². The first-order valence-corrected chi connectivity index (χ1v) is 4.31. The summed E-state index contributed by atoms with van der Waals surface area (Å²) in [5.74, 6) is 0. The Balaban J connectivity index is 2.75. The van der Waals surface area contributed by atoms with Crippen LogP contribution in [0, 0.1) is 6.07 Å². The molecule has 0 heterocycles. The highest BCUT2D eigenvalue weighted by molar-refractivity contribution is 5.46. The van der Waals surface area contributed by atoms with E-state index in [1.54, 1.807) is 0 Å². The minimum absolute atomic E-state index is 0.837. The van der Waals surface area contributed by atoms with Crippen molar-refractivity contribution in [3.63, 3.8) is 0 Å². The molecule has 1 rings (SSSR count). The van der Waals surface area contributed by atoms with Crippen LogP contribution < -0.4 is 4.90 Å². The molecule has 0 atom stereocenters. The minimum atomic E-state index is 0.837. The van der Waals surface area contributed by atoms with Gasteiger partial charge in [0, 0.05) is 18.8 Å². The Labute approximate surface area is 80.0 Å². The number of anilines is 1. The molecule has 0 fully saturated rings. The maximum atomic E-state index is 3.72. The predicted octanol–water partition coefficient (Wildman–Crippen LogP) is 2.67. The lowest BCUT2D eigenvalue weighted by Gasteiger charge is -2.21. The molecule has 1 nitrogen and oxygen atoms in total. The van der Waals surface area contributed by atoms with Gasteiger partial charge in [-0.1, -0.05) is 24.3 Å². The second-order valence-electron chi connectivity index (χ2n) is 2.74. The number of hydrogen-bond acceptors (Lipinski definition) is 1. The van der Waals surface area contributed by atoms with Crippen LogP contribution in [-0.2, 0) is 0 Å². The fourth-order valence-corrected chi connectivity index (χ4v) is 1.18. The molecule has 0 aliphatic carbocycles. The van der Waals surface area contributed by atoms with E-state index in [2.05, 4.69) is 30.2 Å². The molecule has 1 aromatic carbocycles. The Hall–Kier alpha value is -1.50. The maximum Gasteiger partial charge on any atom is 0.0378 e. The second-order valence-corrected chi connectivity index (χ2v) is 2.74. The first-order valence-electron chi connectivity index (χ1n) is 4.31. The summed E-state index contributed by atoms with van der Waals surface area (Å²) in [5.41, 5.74) is 1.15. The Morgan fingerprint density at radius 2 is 2.00 bits per heavy atom. The van der Waals surface area contributed by atoms with Crippen LogP contribution in [0.4, 0.5) is 5.69 Å². The van der Waals surface area contributed by atoms with Gasteiger partial charge in [-0.2, -0.15) is 0 Å². The zero-order chi connectivity index (χ0) is 9.52. The van der Waals surface area contributed by atoms with Gasteiger partial charge in [0.2, 0.25) is 0 Å². The van der Waals surface area contributed by atoms with Crippen LogP contribution in [0.15, 0.2) is 49.6 Å². The fraction of sp³-hybridized carbons (Fsp3) is 0.167. The van der Waals surface area contributed by atoms with E-state index in [9.17, 15) is 0 Å². The van der Waals surface area contributed by atoms with E-state index in [1.807, 2.05) is 30.4 Å². The summed E-state index contributed by atoms with van der Waals surface area (Å²) >= 11 is 0. The van der Waals surface area contributed by atoms with Crippen molar-refractivity contribution in [1.29, 1.82) is 0 Å². The van der Waals surface area contributed by atoms with Crippen LogP contribution in [0.25, 0.3) is 0 Å². The van der Waals surface area contributed by atoms with Gasteiger partial charge in [0.1, 0.15) is 0 Å². The largest absolute Gasteiger partial charge is 0.364 e. The lowest BCUT2D eigenvalue weighted by atomic mass is 10.3. The van der Waals surface area contributed by atoms with Gasteiger partial charge in [-0.25, -0.2) is 0 Å². The van der Waals surface area contributed by atoms with Crippen molar-refractivity contribution in [2.45, 2.75) is 0 Å². The van der Waals surface area contributed by atoms with Gasteiger partial charge in [0.25, 0.3) is 0 Å². The van der Waals surface area contributed by atoms with Crippen molar-refractivity contribution in [1.82, 2.24) is 0 Å². The van der Waals surface area contributed by atoms with Gasteiger partial charge in [-0.05, 0) is 18.2 Å². The van der Waals surface area contributed by atoms with E-state index in [4.69, 9.17) is 0 Å². The van der Waals surface area contributed by atoms with E-state index in [-0.39, 0.29) is 0 Å². The molecule has 67 valence electrons. The van der Waals surface area contributed by atoms with Crippen molar-refractivity contribution in [3.8, 4) is 0 Å². The van der Waals surface area contributed by atoms with Gasteiger partial charge >= 0.3 is 0 Å². The summed E-state index contributed by atoms with van der Waals surface area (Å²) in [6, 6.07) is 10.9. The molecule has 0 saturated carbocycles. The Kier molecular flexibility index (Phi) is 3.83. The molecule has 13 heavy (non-hydrogen) atoms. The third kappa shape index (κ3) is 2.79. The van der Waals surface area contributed by atoms with Gasteiger partial charge in [0.15, 0.2) is 0 Å². The van der Waals surface area contributed by atoms with E-state index in [0.717, 1.165) is 18.8 Å². The molecule has 0 amide bonds. The summed E-state index contributed by atoms with van der Waals surface area (Å²) < 4.78 is 0. The molecule has 1 radical (unpaired) electrons. The molecule has 0 unspecified atom stereocenters. The Morgan fingerprint density at radius 3 is 2.46 bits per heavy atom. The standard InChI is InChI=1S/C12H14N/c1-3-10-13(11-4-2)12-8-6-5-7-9-12/h3-6,8-9H,1-2,10-11H2. The van der Waals surface area contributed by atoms with Crippen LogP contribution in [0.2, 0.25) is 0 Å². The number of nitrogens with zero attached hydrogens (tertiary/aromatic N) is 1. The molecule has 0 aliphatic rings. The monoisotopic (exact) mass is 172 g/mol. The highest BCUT2D eigenvalue weighted by Gasteiger charge is 1.99. The van der Waals surface area contributed by atoms with E-state index in [0.29, 0.717) is 0 Å². The lowest BCUT2D eigenvalue weighted by molar-refractivity contribution is 0.957. The smallest absolute Gasteiger partial charge is 0.0378 e. The summed E-state index contributed by atoms with van der Waals surface area (Å²) in [6.45, 7) is 9.12. The molecular weight excluding hydrogens is 158 g/mol. The van der Waals surface area contributed by atoms with Crippen molar-refractivity contribution >= 4 is 5.69 Å². The molecule has 1 heteroatoms. The molecule has 0 spiro atoms. The van der Waals surface area contributed by atoms with Crippen molar-refractivity contribution in [2.75, 3.05) is 18.0 Å². The summed E-state index contributed by atoms with van der Waals surface area (Å²) in [5, 5.41) is 0. The normalized spacial score (nSPS) is 9.23. The molecular formula is C12H14N. The Bertz CT molecular complexity index is 254. The molecule has 0 saturated heterocycles. The number of benzene rings is 1. The van der Waals surface area contributed by atoms with E-state index >= 15 is 0 Å². The zero-order valence-electron chi connectivity index (χ0n) is 7.74. The average molecular weight is 172 g/mol. The van der Waals surface area contributed by atoms with Gasteiger partial charge in [-0.3, -0.25) is 0 Å². The van der Waals surface area contributed by atoms with Crippen LogP contribution in [-0.4, -0.2) is 13.1 Å². The summed E-state index contributed by atoms with van der Waals surface area (Å²) in [6.07, 6.45) is 3.77. The predicted molar refractivity (Wildman–Crippen MR) is 57.9 cm³/mol. The zero-order valence-corrected chi connectivity index (χ0v) is 7.74. The lowest BCUT2D eigenvalue weighted by Crippen LogP contribution is -2.22. The van der Waals surface area contributed by atoms with Crippen molar-refractivity contribution < 1.29 is 0 Å². The van der Waals surface area contributed by atoms with Crippen molar-refractivity contribution in [3.05, 3.63) is 55.6 Å². The highest BCUT2D eigenvalue weighted by atomic mass is 15.1. The maximum absolute atomic E-state index is 3.72. The van der Waals surface area contributed by atoms with Crippen molar-refractivity contribution in [2.24, 2.45) is 0 Å². The Morgan fingerprint density at radius 1 is 1.31 bits per heavy atom. The first kappa shape index (κ1) is 9.59. The summed E-state index contributed by atoms with van der Waals surface area (Å²) in [7, 11) is 0. The SMILES string of the molecule is C=CCN(CC=C)c1c[c]ccc1. The molecule has 0 N–H and O–H groups in total. The molecule has 0 aromatic heterocycles. The van der Waals surface area contributed by atoms with E-state index < -0.39 is 0 Å². The van der Waals surface area contributed by atoms with Gasteiger partial charge in [0.05, 0.1) is 0 Å². The van der Waals surface area contributed by atoms with Crippen LogP contribution >= 0.6 is 0 Å². The molecule has 0 bridgehead atoms. The summed E-state index contributed by atoms with van der Waals surface area (Å²) in [4.78, 5) is 2.18. The molecule has 0 aliphatic heterocycles. The van der Waals surface area contributed by atoms with Gasteiger partial charge < -0.3 is 4.90 Å². The third-order valence-corrected chi connectivity index (χ3v) is 1.75.